The maximum Gasteiger partial charge on any atom is 0.162 e. The predicted octanol–water partition coefficient (Wildman–Crippen LogP) is 4.14. The zero-order chi connectivity index (χ0) is 16.5. The molecule has 2 aromatic rings. The first-order valence-corrected chi connectivity index (χ1v) is 7.76. The molecule has 0 unspecified atom stereocenters. The van der Waals surface area contributed by atoms with Gasteiger partial charge in [0.05, 0.1) is 20.3 Å². The molecule has 2 rings (SSSR count). The quantitative estimate of drug-likeness (QED) is 0.515. The lowest BCUT2D eigenvalue weighted by Crippen LogP contribution is -2.05. The van der Waals surface area contributed by atoms with Crippen molar-refractivity contribution in [3.05, 3.63) is 54.1 Å². The number of carbonyl (C=O) groups excluding carboxylic acids is 1. The molecule has 0 aromatic heterocycles. The Morgan fingerprint density at radius 1 is 0.826 bits per heavy atom. The Bertz CT molecular complexity index is 602. The molecular formula is C19H22O4. The van der Waals surface area contributed by atoms with E-state index in [-0.39, 0.29) is 5.78 Å². The van der Waals surface area contributed by atoms with Crippen LogP contribution in [0, 0.1) is 0 Å². The van der Waals surface area contributed by atoms with Crippen molar-refractivity contribution in [3.63, 3.8) is 0 Å². The van der Waals surface area contributed by atoms with E-state index in [1.54, 1.807) is 19.2 Å². The van der Waals surface area contributed by atoms with E-state index >= 15 is 0 Å². The summed E-state index contributed by atoms with van der Waals surface area (Å²) in [7, 11) is 1.64. The van der Waals surface area contributed by atoms with Gasteiger partial charge >= 0.3 is 0 Å². The summed E-state index contributed by atoms with van der Waals surface area (Å²) in [4.78, 5) is 11.5. The predicted molar refractivity (Wildman–Crippen MR) is 89.7 cm³/mol. The average Bonchev–Trinajstić information content (AvgIpc) is 2.62. The van der Waals surface area contributed by atoms with E-state index in [1.807, 2.05) is 43.3 Å². The van der Waals surface area contributed by atoms with Gasteiger partial charge < -0.3 is 14.2 Å². The van der Waals surface area contributed by atoms with Crippen molar-refractivity contribution >= 4 is 5.78 Å². The van der Waals surface area contributed by atoms with E-state index in [4.69, 9.17) is 14.2 Å². The molecule has 0 N–H and O–H groups in total. The lowest BCUT2D eigenvalue weighted by Gasteiger charge is -2.09. The number of carbonyl (C=O) groups is 1. The van der Waals surface area contributed by atoms with Crippen LogP contribution in [0.3, 0.4) is 0 Å². The number of hydrogen-bond acceptors (Lipinski definition) is 4. The summed E-state index contributed by atoms with van der Waals surface area (Å²) in [6.07, 6.45) is 1.30. The zero-order valence-corrected chi connectivity index (χ0v) is 13.6. The topological polar surface area (TPSA) is 44.8 Å². The second kappa shape index (κ2) is 8.83. The fraction of sp³-hybridized carbons (Fsp3) is 0.316. The van der Waals surface area contributed by atoms with Crippen LogP contribution in [-0.2, 0) is 0 Å². The first kappa shape index (κ1) is 16.9. The number of benzene rings is 2. The first-order chi connectivity index (χ1) is 11.2. The van der Waals surface area contributed by atoms with Crippen LogP contribution in [0.4, 0.5) is 0 Å². The van der Waals surface area contributed by atoms with Crippen LogP contribution in [0.15, 0.2) is 48.5 Å². The van der Waals surface area contributed by atoms with Crippen molar-refractivity contribution < 1.29 is 19.0 Å². The smallest absolute Gasteiger partial charge is 0.162 e. The maximum atomic E-state index is 11.5. The third kappa shape index (κ3) is 5.33. The minimum atomic E-state index is 0.143. The fourth-order valence-electron chi connectivity index (χ4n) is 2.05. The summed E-state index contributed by atoms with van der Waals surface area (Å²) in [5.41, 5.74) is 0.725. The van der Waals surface area contributed by atoms with Gasteiger partial charge in [0.2, 0.25) is 0 Å². The van der Waals surface area contributed by atoms with Crippen LogP contribution in [-0.4, -0.2) is 26.1 Å². The molecule has 0 saturated carbocycles. The molecule has 0 fully saturated rings. The van der Waals surface area contributed by atoms with Gasteiger partial charge in [-0.05, 0) is 48.5 Å². The molecule has 0 saturated heterocycles. The van der Waals surface area contributed by atoms with Gasteiger partial charge in [-0.1, -0.05) is 6.92 Å². The van der Waals surface area contributed by atoms with E-state index < -0.39 is 0 Å². The summed E-state index contributed by atoms with van der Waals surface area (Å²) < 4.78 is 16.4. The molecule has 0 radical (unpaired) electrons. The second-order valence-corrected chi connectivity index (χ2v) is 5.03. The number of methoxy groups -OCH3 is 1. The maximum absolute atomic E-state index is 11.5. The highest BCUT2D eigenvalue weighted by atomic mass is 16.5. The molecule has 0 aliphatic carbocycles. The Labute approximate surface area is 137 Å². The number of ketones is 1. The van der Waals surface area contributed by atoms with Crippen LogP contribution in [0.5, 0.6) is 17.2 Å². The van der Waals surface area contributed by atoms with Crippen LogP contribution in [0.25, 0.3) is 0 Å². The van der Waals surface area contributed by atoms with Crippen molar-refractivity contribution in [1.29, 1.82) is 0 Å². The average molecular weight is 314 g/mol. The van der Waals surface area contributed by atoms with Crippen LogP contribution in [0.1, 0.15) is 30.1 Å². The van der Waals surface area contributed by atoms with Gasteiger partial charge in [0, 0.05) is 18.4 Å². The van der Waals surface area contributed by atoms with Crippen molar-refractivity contribution in [1.82, 2.24) is 0 Å². The largest absolute Gasteiger partial charge is 0.497 e. The molecule has 0 aliphatic heterocycles. The van der Waals surface area contributed by atoms with Crippen molar-refractivity contribution in [2.75, 3.05) is 20.3 Å². The van der Waals surface area contributed by atoms with E-state index in [2.05, 4.69) is 0 Å². The molecule has 2 aromatic carbocycles. The summed E-state index contributed by atoms with van der Waals surface area (Å²) in [5, 5.41) is 0. The number of hydrogen-bond donors (Lipinski definition) is 0. The Morgan fingerprint density at radius 3 is 1.78 bits per heavy atom. The lowest BCUT2D eigenvalue weighted by atomic mass is 10.1. The normalized spacial score (nSPS) is 10.2. The second-order valence-electron chi connectivity index (χ2n) is 5.03. The van der Waals surface area contributed by atoms with Gasteiger partial charge in [-0.15, -0.1) is 0 Å². The SMILES string of the molecule is CCC(=O)c1ccc(OCCCOc2ccc(OC)cc2)cc1. The number of rotatable bonds is 9. The standard InChI is InChI=1S/C19H22O4/c1-3-19(20)15-5-7-17(8-6-15)22-13-4-14-23-18-11-9-16(21-2)10-12-18/h5-12H,3-4,13-14H2,1-2H3. The fourth-order valence-corrected chi connectivity index (χ4v) is 2.05. The summed E-state index contributed by atoms with van der Waals surface area (Å²) in [6, 6.07) is 14.7. The molecular weight excluding hydrogens is 292 g/mol. The molecule has 4 heteroatoms. The molecule has 0 heterocycles. The minimum absolute atomic E-state index is 0.143. The van der Waals surface area contributed by atoms with Crippen molar-refractivity contribution in [2.24, 2.45) is 0 Å². The molecule has 0 amide bonds. The molecule has 0 atom stereocenters. The van der Waals surface area contributed by atoms with Gasteiger partial charge in [-0.25, -0.2) is 0 Å². The van der Waals surface area contributed by atoms with Crippen LogP contribution >= 0.6 is 0 Å². The first-order valence-electron chi connectivity index (χ1n) is 7.76. The molecule has 0 spiro atoms. The Morgan fingerprint density at radius 2 is 1.30 bits per heavy atom. The highest BCUT2D eigenvalue weighted by molar-refractivity contribution is 5.95. The Balaban J connectivity index is 1.67. The van der Waals surface area contributed by atoms with Gasteiger partial charge in [0.15, 0.2) is 5.78 Å². The van der Waals surface area contributed by atoms with Crippen LogP contribution < -0.4 is 14.2 Å². The third-order valence-corrected chi connectivity index (χ3v) is 3.38. The summed E-state index contributed by atoms with van der Waals surface area (Å²) in [6.45, 7) is 3.01. The minimum Gasteiger partial charge on any atom is -0.497 e. The monoisotopic (exact) mass is 314 g/mol. The van der Waals surface area contributed by atoms with Crippen LogP contribution in [0.2, 0.25) is 0 Å². The zero-order valence-electron chi connectivity index (χ0n) is 13.6. The highest BCUT2D eigenvalue weighted by Gasteiger charge is 2.02. The van der Waals surface area contributed by atoms with Gasteiger partial charge in [0.1, 0.15) is 17.2 Å². The Kier molecular flexibility index (Phi) is 6.48. The van der Waals surface area contributed by atoms with Gasteiger partial charge in [0.25, 0.3) is 0 Å². The number of Topliss-reactive ketones (excluding diaryl/α,β-unsaturated/α-hetero) is 1. The number of ether oxygens (including phenoxy) is 3. The summed E-state index contributed by atoms with van der Waals surface area (Å²) >= 11 is 0. The third-order valence-electron chi connectivity index (χ3n) is 3.38. The van der Waals surface area contributed by atoms with Gasteiger partial charge in [-0.3, -0.25) is 4.79 Å². The van der Waals surface area contributed by atoms with Gasteiger partial charge in [-0.2, -0.15) is 0 Å². The van der Waals surface area contributed by atoms with E-state index in [0.29, 0.717) is 19.6 Å². The van der Waals surface area contributed by atoms with E-state index in [9.17, 15) is 4.79 Å². The molecule has 0 bridgehead atoms. The van der Waals surface area contributed by atoms with Crippen molar-refractivity contribution in [3.8, 4) is 17.2 Å². The molecule has 0 aliphatic rings. The Hall–Kier alpha value is -2.49. The van der Waals surface area contributed by atoms with E-state index in [0.717, 1.165) is 29.2 Å². The molecule has 122 valence electrons. The summed E-state index contributed by atoms with van der Waals surface area (Å²) in [5.74, 6) is 2.53. The van der Waals surface area contributed by atoms with E-state index in [1.165, 1.54) is 0 Å². The molecule has 23 heavy (non-hydrogen) atoms. The highest BCUT2D eigenvalue weighted by Crippen LogP contribution is 2.17. The molecule has 4 nitrogen and oxygen atoms in total. The lowest BCUT2D eigenvalue weighted by molar-refractivity contribution is 0.0988. The van der Waals surface area contributed by atoms with Crippen molar-refractivity contribution in [2.45, 2.75) is 19.8 Å².